The molecule has 0 bridgehead atoms. The minimum absolute atomic E-state index is 0.234. The molecule has 5 nitrogen and oxygen atoms in total. The standard InChI is InChI=1S/C15H23N3O2S/c1-9-10(2)16-14(17-11(9)3)21-8-15(4,13(19)20-5)18-12-6-7-12/h12,18H,6-8H2,1-5H3. The minimum Gasteiger partial charge on any atom is -0.468 e. The van der Waals surface area contributed by atoms with Crippen LogP contribution >= 0.6 is 11.8 Å². The zero-order chi connectivity index (χ0) is 15.6. The van der Waals surface area contributed by atoms with Gasteiger partial charge in [0.25, 0.3) is 0 Å². The summed E-state index contributed by atoms with van der Waals surface area (Å²) in [4.78, 5) is 21.0. The molecule has 0 spiro atoms. The Morgan fingerprint density at radius 3 is 2.38 bits per heavy atom. The van der Waals surface area contributed by atoms with Crippen molar-refractivity contribution in [1.29, 1.82) is 0 Å². The molecule has 1 fully saturated rings. The normalized spacial score (nSPS) is 17.4. The Hall–Kier alpha value is -1.14. The van der Waals surface area contributed by atoms with Gasteiger partial charge in [0.15, 0.2) is 5.16 Å². The minimum atomic E-state index is -0.698. The third kappa shape index (κ3) is 3.95. The number of carbonyl (C=O) groups excluding carboxylic acids is 1. The SMILES string of the molecule is COC(=O)C(C)(CSc1nc(C)c(C)c(C)n1)NC1CC1. The summed E-state index contributed by atoms with van der Waals surface area (Å²) in [7, 11) is 1.43. The zero-order valence-corrected chi connectivity index (χ0v) is 14.1. The van der Waals surface area contributed by atoms with E-state index in [1.807, 2.05) is 27.7 Å². The first-order valence-electron chi connectivity index (χ1n) is 7.16. The van der Waals surface area contributed by atoms with E-state index in [0.717, 1.165) is 29.8 Å². The summed E-state index contributed by atoms with van der Waals surface area (Å²) in [5.41, 5.74) is 2.39. The molecule has 0 amide bonds. The fraction of sp³-hybridized carbons (Fsp3) is 0.667. The average Bonchev–Trinajstić information content (AvgIpc) is 3.25. The van der Waals surface area contributed by atoms with E-state index in [0.29, 0.717) is 17.0 Å². The summed E-state index contributed by atoms with van der Waals surface area (Å²) in [5.74, 6) is 0.320. The molecule has 21 heavy (non-hydrogen) atoms. The second kappa shape index (κ2) is 6.32. The second-order valence-corrected chi connectivity index (χ2v) is 6.78. The van der Waals surface area contributed by atoms with E-state index in [2.05, 4.69) is 15.3 Å². The number of nitrogens with one attached hydrogen (secondary N) is 1. The second-order valence-electron chi connectivity index (χ2n) is 5.83. The van der Waals surface area contributed by atoms with Crippen molar-refractivity contribution < 1.29 is 9.53 Å². The summed E-state index contributed by atoms with van der Waals surface area (Å²) in [6.45, 7) is 7.87. The highest BCUT2D eigenvalue weighted by Gasteiger charge is 2.39. The Kier molecular flexibility index (Phi) is 4.88. The summed E-state index contributed by atoms with van der Waals surface area (Å²) >= 11 is 1.49. The van der Waals surface area contributed by atoms with Crippen LogP contribution in [-0.2, 0) is 9.53 Å². The quantitative estimate of drug-likeness (QED) is 0.494. The van der Waals surface area contributed by atoms with Crippen LogP contribution in [0.5, 0.6) is 0 Å². The predicted molar refractivity (Wildman–Crippen MR) is 83.5 cm³/mol. The molecule has 0 aromatic carbocycles. The molecule has 0 aliphatic heterocycles. The van der Waals surface area contributed by atoms with Crippen LogP contribution in [0.3, 0.4) is 0 Å². The van der Waals surface area contributed by atoms with Crippen LogP contribution in [0.4, 0.5) is 0 Å². The van der Waals surface area contributed by atoms with E-state index in [1.54, 1.807) is 0 Å². The van der Waals surface area contributed by atoms with Gasteiger partial charge in [-0.15, -0.1) is 0 Å². The number of rotatable bonds is 6. The van der Waals surface area contributed by atoms with Crippen LogP contribution in [0.15, 0.2) is 5.16 Å². The largest absolute Gasteiger partial charge is 0.468 e. The lowest BCUT2D eigenvalue weighted by molar-refractivity contribution is -0.147. The molecule has 1 aromatic heterocycles. The van der Waals surface area contributed by atoms with Crippen molar-refractivity contribution in [3.05, 3.63) is 17.0 Å². The Morgan fingerprint density at radius 2 is 1.90 bits per heavy atom. The van der Waals surface area contributed by atoms with Crippen LogP contribution in [0.2, 0.25) is 0 Å². The van der Waals surface area contributed by atoms with Crippen molar-refractivity contribution >= 4 is 17.7 Å². The molecule has 1 saturated carbocycles. The summed E-state index contributed by atoms with van der Waals surface area (Å²) < 4.78 is 4.94. The number of esters is 1. The smallest absolute Gasteiger partial charge is 0.326 e. The molecule has 2 rings (SSSR count). The maximum Gasteiger partial charge on any atom is 0.326 e. The van der Waals surface area contributed by atoms with Gasteiger partial charge in [-0.2, -0.15) is 0 Å². The summed E-state index contributed by atoms with van der Waals surface area (Å²) in [6.07, 6.45) is 2.24. The van der Waals surface area contributed by atoms with Gasteiger partial charge < -0.3 is 4.74 Å². The van der Waals surface area contributed by atoms with Crippen LogP contribution in [-0.4, -0.2) is 40.4 Å². The fourth-order valence-electron chi connectivity index (χ4n) is 2.08. The van der Waals surface area contributed by atoms with Crippen molar-refractivity contribution in [3.8, 4) is 0 Å². The van der Waals surface area contributed by atoms with Gasteiger partial charge in [0.1, 0.15) is 5.54 Å². The molecule has 1 N–H and O–H groups in total. The van der Waals surface area contributed by atoms with Crippen molar-refractivity contribution in [2.75, 3.05) is 12.9 Å². The van der Waals surface area contributed by atoms with Crippen LogP contribution in [0.1, 0.15) is 36.7 Å². The summed E-state index contributed by atoms with van der Waals surface area (Å²) in [5, 5.41) is 4.09. The Morgan fingerprint density at radius 1 is 1.33 bits per heavy atom. The van der Waals surface area contributed by atoms with Crippen LogP contribution < -0.4 is 5.32 Å². The highest BCUT2D eigenvalue weighted by Crippen LogP contribution is 2.27. The predicted octanol–water partition coefficient (Wildman–Crippen LogP) is 2.18. The molecule has 116 valence electrons. The van der Waals surface area contributed by atoms with Gasteiger partial charge in [-0.3, -0.25) is 10.1 Å². The highest BCUT2D eigenvalue weighted by molar-refractivity contribution is 7.99. The van der Waals surface area contributed by atoms with E-state index in [4.69, 9.17) is 4.74 Å². The fourth-order valence-corrected chi connectivity index (χ4v) is 3.10. The lowest BCUT2D eigenvalue weighted by Gasteiger charge is -2.27. The van der Waals surface area contributed by atoms with E-state index < -0.39 is 5.54 Å². The molecule has 1 aromatic rings. The van der Waals surface area contributed by atoms with E-state index in [-0.39, 0.29) is 5.97 Å². The number of methoxy groups -OCH3 is 1. The first kappa shape index (κ1) is 16.2. The first-order chi connectivity index (χ1) is 9.85. The van der Waals surface area contributed by atoms with Gasteiger partial charge in [-0.05, 0) is 46.1 Å². The molecule has 0 saturated heterocycles. The maximum atomic E-state index is 12.1. The molecule has 1 aliphatic carbocycles. The van der Waals surface area contributed by atoms with E-state index in [1.165, 1.54) is 18.9 Å². The number of aryl methyl sites for hydroxylation is 2. The van der Waals surface area contributed by atoms with Gasteiger partial charge in [0.05, 0.1) is 7.11 Å². The Labute approximate surface area is 130 Å². The van der Waals surface area contributed by atoms with Gasteiger partial charge >= 0.3 is 5.97 Å². The lowest BCUT2D eigenvalue weighted by atomic mass is 10.1. The molecule has 1 heterocycles. The first-order valence-corrected chi connectivity index (χ1v) is 8.15. The van der Waals surface area contributed by atoms with E-state index >= 15 is 0 Å². The third-order valence-electron chi connectivity index (χ3n) is 3.84. The number of thioether (sulfide) groups is 1. The number of aromatic nitrogens is 2. The number of ether oxygens (including phenoxy) is 1. The van der Waals surface area contributed by atoms with Crippen molar-refractivity contribution in [1.82, 2.24) is 15.3 Å². The molecule has 1 atom stereocenters. The molecule has 1 aliphatic rings. The number of nitrogens with zero attached hydrogens (tertiary/aromatic N) is 2. The molecule has 6 heteroatoms. The maximum absolute atomic E-state index is 12.1. The lowest BCUT2D eigenvalue weighted by Crippen LogP contribution is -2.53. The van der Waals surface area contributed by atoms with Crippen molar-refractivity contribution in [2.24, 2.45) is 0 Å². The molecular formula is C15H23N3O2S. The molecular weight excluding hydrogens is 286 g/mol. The van der Waals surface area contributed by atoms with Crippen LogP contribution in [0.25, 0.3) is 0 Å². The van der Waals surface area contributed by atoms with Gasteiger partial charge in [-0.25, -0.2) is 9.97 Å². The van der Waals surface area contributed by atoms with Gasteiger partial charge in [0.2, 0.25) is 0 Å². The Balaban J connectivity index is 2.09. The van der Waals surface area contributed by atoms with E-state index in [9.17, 15) is 4.79 Å². The van der Waals surface area contributed by atoms with Gasteiger partial charge in [0, 0.05) is 23.2 Å². The molecule has 0 radical (unpaired) electrons. The average molecular weight is 309 g/mol. The number of hydrogen-bond acceptors (Lipinski definition) is 6. The highest BCUT2D eigenvalue weighted by atomic mass is 32.2. The van der Waals surface area contributed by atoms with Crippen molar-refractivity contribution in [2.45, 2.75) is 57.3 Å². The number of carbonyl (C=O) groups is 1. The third-order valence-corrected chi connectivity index (χ3v) is 5.00. The Bertz CT molecular complexity index is 523. The zero-order valence-electron chi connectivity index (χ0n) is 13.3. The van der Waals surface area contributed by atoms with Crippen molar-refractivity contribution in [3.63, 3.8) is 0 Å². The number of hydrogen-bond donors (Lipinski definition) is 1. The van der Waals surface area contributed by atoms with Gasteiger partial charge in [-0.1, -0.05) is 11.8 Å². The summed E-state index contributed by atoms with van der Waals surface area (Å²) in [6, 6.07) is 0.428. The molecule has 1 unspecified atom stereocenters. The van der Waals surface area contributed by atoms with Crippen LogP contribution in [0, 0.1) is 20.8 Å². The topological polar surface area (TPSA) is 64.1 Å². The monoisotopic (exact) mass is 309 g/mol.